The van der Waals surface area contributed by atoms with Crippen LogP contribution in [0.5, 0.6) is 0 Å². The molecule has 1 aromatic rings. The zero-order valence-corrected chi connectivity index (χ0v) is 13.4. The lowest BCUT2D eigenvalue weighted by Gasteiger charge is -2.29. The van der Waals surface area contributed by atoms with E-state index in [0.717, 1.165) is 30.8 Å². The predicted molar refractivity (Wildman–Crippen MR) is 86.5 cm³/mol. The summed E-state index contributed by atoms with van der Waals surface area (Å²) in [5, 5.41) is 3.55. The molecule has 0 bridgehead atoms. The molecule has 0 radical (unpaired) electrons. The third-order valence-corrected chi connectivity index (χ3v) is 4.83. The number of nitrogens with one attached hydrogen (secondary N) is 1. The molecule has 0 amide bonds. The Morgan fingerprint density at radius 1 is 1.24 bits per heavy atom. The maximum atomic E-state index is 4.81. The first kappa shape index (κ1) is 14.8. The standard InChI is InChI=1S/C17H28N4/c1-3-16-7-5-4-6-10-21(16)17-19-12-14(13(2)20-17)11-18-15-8-9-15/h12,15-16,18H,3-11H2,1-2H3. The van der Waals surface area contributed by atoms with Crippen molar-refractivity contribution in [2.45, 2.75) is 77.4 Å². The van der Waals surface area contributed by atoms with E-state index in [-0.39, 0.29) is 0 Å². The highest BCUT2D eigenvalue weighted by molar-refractivity contribution is 5.34. The molecule has 2 aliphatic rings. The Labute approximate surface area is 128 Å². The molecule has 116 valence electrons. The lowest BCUT2D eigenvalue weighted by molar-refractivity contribution is 0.546. The second kappa shape index (κ2) is 6.73. The molecule has 1 aromatic heterocycles. The molecular weight excluding hydrogens is 260 g/mol. The van der Waals surface area contributed by atoms with Crippen molar-refractivity contribution in [1.29, 1.82) is 0 Å². The molecule has 4 nitrogen and oxygen atoms in total. The van der Waals surface area contributed by atoms with Crippen LogP contribution in [0.1, 0.15) is 63.1 Å². The maximum Gasteiger partial charge on any atom is 0.225 e. The third kappa shape index (κ3) is 3.73. The van der Waals surface area contributed by atoms with E-state index in [1.165, 1.54) is 50.5 Å². The van der Waals surface area contributed by atoms with Crippen LogP contribution < -0.4 is 10.2 Å². The second-order valence-corrected chi connectivity index (χ2v) is 6.54. The van der Waals surface area contributed by atoms with Gasteiger partial charge in [-0.3, -0.25) is 0 Å². The van der Waals surface area contributed by atoms with Crippen LogP contribution in [-0.4, -0.2) is 28.6 Å². The van der Waals surface area contributed by atoms with E-state index < -0.39 is 0 Å². The van der Waals surface area contributed by atoms with Gasteiger partial charge in [0.25, 0.3) is 0 Å². The summed E-state index contributed by atoms with van der Waals surface area (Å²) in [7, 11) is 0. The molecule has 2 heterocycles. The lowest BCUT2D eigenvalue weighted by atomic mass is 10.1. The van der Waals surface area contributed by atoms with Crippen molar-refractivity contribution in [3.63, 3.8) is 0 Å². The second-order valence-electron chi connectivity index (χ2n) is 6.54. The van der Waals surface area contributed by atoms with E-state index in [1.54, 1.807) is 0 Å². The van der Waals surface area contributed by atoms with Crippen molar-refractivity contribution in [2.24, 2.45) is 0 Å². The summed E-state index contributed by atoms with van der Waals surface area (Å²) in [4.78, 5) is 11.9. The Bertz CT molecular complexity index is 470. The zero-order valence-electron chi connectivity index (χ0n) is 13.4. The van der Waals surface area contributed by atoms with Gasteiger partial charge in [0.05, 0.1) is 0 Å². The van der Waals surface area contributed by atoms with Gasteiger partial charge in [-0.15, -0.1) is 0 Å². The Morgan fingerprint density at radius 3 is 2.81 bits per heavy atom. The normalized spacial score (nSPS) is 23.1. The number of nitrogens with zero attached hydrogens (tertiary/aromatic N) is 3. The lowest BCUT2D eigenvalue weighted by Crippen LogP contribution is -2.36. The van der Waals surface area contributed by atoms with Crippen LogP contribution in [0, 0.1) is 6.92 Å². The maximum absolute atomic E-state index is 4.81. The summed E-state index contributed by atoms with van der Waals surface area (Å²) in [6, 6.07) is 1.35. The number of aryl methyl sites for hydroxylation is 1. The largest absolute Gasteiger partial charge is 0.338 e. The molecular formula is C17H28N4. The van der Waals surface area contributed by atoms with Crippen LogP contribution in [0.25, 0.3) is 0 Å². The average molecular weight is 288 g/mol. The topological polar surface area (TPSA) is 41.1 Å². The summed E-state index contributed by atoms with van der Waals surface area (Å²) in [6.07, 6.45) is 11.1. The number of hydrogen-bond donors (Lipinski definition) is 1. The number of aromatic nitrogens is 2. The molecule has 1 saturated carbocycles. The van der Waals surface area contributed by atoms with E-state index in [4.69, 9.17) is 4.98 Å². The fourth-order valence-corrected chi connectivity index (χ4v) is 3.20. The summed E-state index contributed by atoms with van der Waals surface area (Å²) in [5.74, 6) is 0.941. The molecule has 0 spiro atoms. The summed E-state index contributed by atoms with van der Waals surface area (Å²) < 4.78 is 0. The highest BCUT2D eigenvalue weighted by Crippen LogP contribution is 2.24. The molecule has 1 atom stereocenters. The van der Waals surface area contributed by atoms with Crippen molar-refractivity contribution < 1.29 is 0 Å². The first-order chi connectivity index (χ1) is 10.3. The van der Waals surface area contributed by atoms with Crippen molar-refractivity contribution in [2.75, 3.05) is 11.4 Å². The Balaban J connectivity index is 1.72. The van der Waals surface area contributed by atoms with Crippen LogP contribution in [0.3, 0.4) is 0 Å². The Kier molecular flexibility index (Phi) is 4.73. The van der Waals surface area contributed by atoms with Crippen LogP contribution in [-0.2, 0) is 6.54 Å². The average Bonchev–Trinajstić information content (AvgIpc) is 3.32. The van der Waals surface area contributed by atoms with Crippen molar-refractivity contribution in [1.82, 2.24) is 15.3 Å². The van der Waals surface area contributed by atoms with E-state index in [2.05, 4.69) is 29.0 Å². The summed E-state index contributed by atoms with van der Waals surface area (Å²) in [5.41, 5.74) is 2.38. The van der Waals surface area contributed by atoms with Gasteiger partial charge in [0, 0.05) is 42.6 Å². The summed E-state index contributed by atoms with van der Waals surface area (Å²) in [6.45, 7) is 6.42. The minimum absolute atomic E-state index is 0.613. The monoisotopic (exact) mass is 288 g/mol. The molecule has 1 aliphatic heterocycles. The third-order valence-electron chi connectivity index (χ3n) is 4.83. The number of hydrogen-bond acceptors (Lipinski definition) is 4. The quantitative estimate of drug-likeness (QED) is 0.903. The van der Waals surface area contributed by atoms with Gasteiger partial charge in [0.2, 0.25) is 5.95 Å². The molecule has 1 aliphatic carbocycles. The van der Waals surface area contributed by atoms with Crippen LogP contribution in [0.4, 0.5) is 5.95 Å². The molecule has 1 unspecified atom stereocenters. The van der Waals surface area contributed by atoms with E-state index in [0.29, 0.717) is 6.04 Å². The fourth-order valence-electron chi connectivity index (χ4n) is 3.20. The van der Waals surface area contributed by atoms with Crippen LogP contribution in [0.2, 0.25) is 0 Å². The molecule has 21 heavy (non-hydrogen) atoms. The fraction of sp³-hybridized carbons (Fsp3) is 0.765. The predicted octanol–water partition coefficient (Wildman–Crippen LogP) is 3.20. The highest BCUT2D eigenvalue weighted by atomic mass is 15.3. The van der Waals surface area contributed by atoms with E-state index >= 15 is 0 Å². The zero-order chi connectivity index (χ0) is 14.7. The highest BCUT2D eigenvalue weighted by Gasteiger charge is 2.23. The van der Waals surface area contributed by atoms with Crippen molar-refractivity contribution in [3.8, 4) is 0 Å². The first-order valence-electron chi connectivity index (χ1n) is 8.60. The molecule has 2 fully saturated rings. The summed E-state index contributed by atoms with van der Waals surface area (Å²) >= 11 is 0. The SMILES string of the molecule is CCC1CCCCCN1c1ncc(CNC2CC2)c(C)n1. The Morgan fingerprint density at radius 2 is 2.10 bits per heavy atom. The molecule has 1 N–H and O–H groups in total. The van der Waals surface area contributed by atoms with Gasteiger partial charge in [-0.2, -0.15) is 0 Å². The van der Waals surface area contributed by atoms with E-state index in [1.807, 2.05) is 6.20 Å². The van der Waals surface area contributed by atoms with Gasteiger partial charge in [-0.1, -0.05) is 19.8 Å². The first-order valence-corrected chi connectivity index (χ1v) is 8.60. The van der Waals surface area contributed by atoms with E-state index in [9.17, 15) is 0 Å². The van der Waals surface area contributed by atoms with Gasteiger partial charge < -0.3 is 10.2 Å². The number of anilines is 1. The van der Waals surface area contributed by atoms with Crippen LogP contribution >= 0.6 is 0 Å². The minimum atomic E-state index is 0.613. The van der Waals surface area contributed by atoms with Gasteiger partial charge in [0.1, 0.15) is 0 Å². The Hall–Kier alpha value is -1.16. The molecule has 0 aromatic carbocycles. The van der Waals surface area contributed by atoms with Gasteiger partial charge in [0.15, 0.2) is 0 Å². The smallest absolute Gasteiger partial charge is 0.225 e. The molecule has 1 saturated heterocycles. The van der Waals surface area contributed by atoms with Crippen molar-refractivity contribution >= 4 is 5.95 Å². The van der Waals surface area contributed by atoms with Gasteiger partial charge in [-0.25, -0.2) is 9.97 Å². The van der Waals surface area contributed by atoms with Gasteiger partial charge >= 0.3 is 0 Å². The van der Waals surface area contributed by atoms with Crippen LogP contribution in [0.15, 0.2) is 6.20 Å². The van der Waals surface area contributed by atoms with Crippen molar-refractivity contribution in [3.05, 3.63) is 17.5 Å². The number of rotatable bonds is 5. The van der Waals surface area contributed by atoms with Gasteiger partial charge in [-0.05, 0) is 39.0 Å². The molecule has 3 rings (SSSR count). The minimum Gasteiger partial charge on any atom is -0.338 e. The molecule has 4 heteroatoms.